The van der Waals surface area contributed by atoms with Crippen molar-refractivity contribution in [1.29, 1.82) is 0 Å². The van der Waals surface area contributed by atoms with Crippen molar-refractivity contribution in [2.75, 3.05) is 12.4 Å². The van der Waals surface area contributed by atoms with Crippen molar-refractivity contribution in [1.82, 2.24) is 0 Å². The Bertz CT molecular complexity index is 679. The van der Waals surface area contributed by atoms with E-state index in [0.29, 0.717) is 16.3 Å². The second-order valence-corrected chi connectivity index (χ2v) is 4.67. The molecule has 0 radical (unpaired) electrons. The van der Waals surface area contributed by atoms with Crippen LogP contribution < -0.4 is 10.1 Å². The number of hydrogen-bond donors (Lipinski definition) is 1. The van der Waals surface area contributed by atoms with Crippen LogP contribution in [-0.4, -0.2) is 12.0 Å². The molecule has 0 fully saturated rings. The van der Waals surface area contributed by atoms with Gasteiger partial charge < -0.3 is 10.1 Å². The number of halogens is 2. The summed E-state index contributed by atoms with van der Waals surface area (Å²) < 4.78 is 18.5. The molecular weight excluding hydrogens is 299 g/mol. The van der Waals surface area contributed by atoms with Gasteiger partial charge in [-0.25, -0.2) is 4.39 Å². The summed E-state index contributed by atoms with van der Waals surface area (Å²) in [6.45, 7) is 0.0829. The average molecular weight is 311 g/mol. The highest BCUT2D eigenvalue weighted by atomic mass is 35.5. The average Bonchev–Trinajstić information content (AvgIpc) is 2.48. The van der Waals surface area contributed by atoms with Crippen LogP contribution in [0.4, 0.5) is 15.8 Å². The van der Waals surface area contributed by atoms with Crippen molar-refractivity contribution in [3.05, 3.63) is 62.9 Å². The summed E-state index contributed by atoms with van der Waals surface area (Å²) in [5.74, 6) is -0.0516. The van der Waals surface area contributed by atoms with Gasteiger partial charge in [-0.05, 0) is 30.3 Å². The van der Waals surface area contributed by atoms with E-state index in [2.05, 4.69) is 5.32 Å². The molecule has 5 nitrogen and oxygen atoms in total. The Morgan fingerprint density at radius 3 is 2.76 bits per heavy atom. The highest BCUT2D eigenvalue weighted by molar-refractivity contribution is 6.30. The SMILES string of the molecule is COc1ccc(NCc2cc(Cl)ccc2F)c([N+](=O)[O-])c1. The first kappa shape index (κ1) is 15.1. The van der Waals surface area contributed by atoms with Gasteiger partial charge in [0.05, 0.1) is 18.1 Å². The molecule has 0 unspecified atom stereocenters. The Morgan fingerprint density at radius 2 is 2.10 bits per heavy atom. The summed E-state index contributed by atoms with van der Waals surface area (Å²) in [6.07, 6.45) is 0. The number of nitrogens with zero attached hydrogens (tertiary/aromatic N) is 1. The van der Waals surface area contributed by atoms with E-state index in [4.69, 9.17) is 16.3 Å². The molecule has 0 amide bonds. The Balaban J connectivity index is 2.23. The molecule has 0 saturated carbocycles. The summed E-state index contributed by atoms with van der Waals surface area (Å²) in [4.78, 5) is 10.5. The third kappa shape index (κ3) is 3.61. The predicted molar refractivity (Wildman–Crippen MR) is 78.4 cm³/mol. The van der Waals surface area contributed by atoms with E-state index in [1.54, 1.807) is 6.07 Å². The van der Waals surface area contributed by atoms with Crippen molar-refractivity contribution in [3.8, 4) is 5.75 Å². The molecule has 2 rings (SSSR count). The standard InChI is InChI=1S/C14H12ClFN2O3/c1-21-11-3-5-13(14(7-11)18(19)20)17-8-9-6-10(15)2-4-12(9)16/h2-7,17H,8H2,1H3. The summed E-state index contributed by atoms with van der Waals surface area (Å²) >= 11 is 5.80. The molecule has 21 heavy (non-hydrogen) atoms. The lowest BCUT2D eigenvalue weighted by molar-refractivity contribution is -0.384. The third-order valence-corrected chi connectivity index (χ3v) is 3.11. The number of nitrogens with one attached hydrogen (secondary N) is 1. The molecular formula is C14H12ClFN2O3. The first-order valence-electron chi connectivity index (χ1n) is 6.01. The van der Waals surface area contributed by atoms with Gasteiger partial charge in [-0.3, -0.25) is 10.1 Å². The Kier molecular flexibility index (Phi) is 4.59. The smallest absolute Gasteiger partial charge is 0.296 e. The summed E-state index contributed by atoms with van der Waals surface area (Å²) in [5.41, 5.74) is 0.463. The van der Waals surface area contributed by atoms with Gasteiger partial charge in [0.1, 0.15) is 17.3 Å². The van der Waals surface area contributed by atoms with Crippen LogP contribution in [0.1, 0.15) is 5.56 Å². The number of rotatable bonds is 5. The number of nitro benzene ring substituents is 1. The van der Waals surface area contributed by atoms with Gasteiger partial charge in [-0.1, -0.05) is 11.6 Å². The highest BCUT2D eigenvalue weighted by Gasteiger charge is 2.15. The minimum Gasteiger partial charge on any atom is -0.496 e. The predicted octanol–water partition coefficient (Wildman–Crippen LogP) is 4.01. The maximum absolute atomic E-state index is 13.6. The third-order valence-electron chi connectivity index (χ3n) is 2.88. The molecule has 0 atom stereocenters. The Labute approximate surface area is 125 Å². The van der Waals surface area contributed by atoms with Crippen LogP contribution in [0, 0.1) is 15.9 Å². The Hall–Kier alpha value is -2.34. The summed E-state index contributed by atoms with van der Waals surface area (Å²) in [7, 11) is 1.42. The molecule has 0 aliphatic carbocycles. The molecule has 110 valence electrons. The normalized spacial score (nSPS) is 10.2. The van der Waals surface area contributed by atoms with Crippen molar-refractivity contribution >= 4 is 23.0 Å². The van der Waals surface area contributed by atoms with Gasteiger partial charge in [-0.15, -0.1) is 0 Å². The quantitative estimate of drug-likeness (QED) is 0.669. The van der Waals surface area contributed by atoms with Crippen LogP contribution >= 0.6 is 11.6 Å². The molecule has 2 aromatic rings. The molecule has 0 saturated heterocycles. The van der Waals surface area contributed by atoms with E-state index < -0.39 is 10.7 Å². The van der Waals surface area contributed by atoms with E-state index in [9.17, 15) is 14.5 Å². The van der Waals surface area contributed by atoms with Crippen molar-refractivity contribution in [2.45, 2.75) is 6.54 Å². The number of methoxy groups -OCH3 is 1. The van der Waals surface area contributed by atoms with Crippen LogP contribution in [0.25, 0.3) is 0 Å². The number of anilines is 1. The van der Waals surface area contributed by atoms with E-state index in [-0.39, 0.29) is 17.9 Å². The molecule has 0 aromatic heterocycles. The largest absolute Gasteiger partial charge is 0.496 e. The highest BCUT2D eigenvalue weighted by Crippen LogP contribution is 2.29. The number of ether oxygens (including phenoxy) is 1. The first-order chi connectivity index (χ1) is 10.0. The first-order valence-corrected chi connectivity index (χ1v) is 6.39. The maximum atomic E-state index is 13.6. The van der Waals surface area contributed by atoms with E-state index in [1.807, 2.05) is 0 Å². The van der Waals surface area contributed by atoms with Gasteiger partial charge in [0.25, 0.3) is 5.69 Å². The zero-order valence-electron chi connectivity index (χ0n) is 11.1. The van der Waals surface area contributed by atoms with Crippen LogP contribution in [0.15, 0.2) is 36.4 Å². The molecule has 7 heteroatoms. The minimum atomic E-state index is -0.529. The van der Waals surface area contributed by atoms with Crippen molar-refractivity contribution in [3.63, 3.8) is 0 Å². The fourth-order valence-electron chi connectivity index (χ4n) is 1.81. The number of hydrogen-bond acceptors (Lipinski definition) is 4. The zero-order chi connectivity index (χ0) is 15.4. The van der Waals surface area contributed by atoms with Crippen LogP contribution in [0.3, 0.4) is 0 Å². The number of benzene rings is 2. The van der Waals surface area contributed by atoms with Gasteiger partial charge in [0.2, 0.25) is 0 Å². The molecule has 1 N–H and O–H groups in total. The van der Waals surface area contributed by atoms with Gasteiger partial charge in [0, 0.05) is 17.1 Å². The monoisotopic (exact) mass is 310 g/mol. The van der Waals surface area contributed by atoms with Crippen molar-refractivity contribution in [2.24, 2.45) is 0 Å². The van der Waals surface area contributed by atoms with Gasteiger partial charge in [-0.2, -0.15) is 0 Å². The van der Waals surface area contributed by atoms with Crippen LogP contribution in [0.2, 0.25) is 5.02 Å². The van der Waals surface area contributed by atoms with Crippen molar-refractivity contribution < 1.29 is 14.1 Å². The molecule has 0 aliphatic heterocycles. The lowest BCUT2D eigenvalue weighted by Gasteiger charge is -2.09. The topological polar surface area (TPSA) is 64.4 Å². The lowest BCUT2D eigenvalue weighted by atomic mass is 10.2. The van der Waals surface area contributed by atoms with Gasteiger partial charge in [0.15, 0.2) is 0 Å². The number of nitro groups is 1. The summed E-state index contributed by atoms with van der Waals surface area (Å²) in [6, 6.07) is 8.57. The minimum absolute atomic E-state index is 0.0829. The second-order valence-electron chi connectivity index (χ2n) is 4.23. The fourth-order valence-corrected chi connectivity index (χ4v) is 2.00. The van der Waals surface area contributed by atoms with Crippen LogP contribution in [0.5, 0.6) is 5.75 Å². The van der Waals surface area contributed by atoms with E-state index in [1.165, 1.54) is 37.4 Å². The molecule has 0 heterocycles. The second kappa shape index (κ2) is 6.41. The molecule has 0 bridgehead atoms. The van der Waals surface area contributed by atoms with E-state index >= 15 is 0 Å². The molecule has 0 spiro atoms. The van der Waals surface area contributed by atoms with Crippen LogP contribution in [-0.2, 0) is 6.54 Å². The Morgan fingerprint density at radius 1 is 1.33 bits per heavy atom. The maximum Gasteiger partial charge on any atom is 0.296 e. The summed E-state index contributed by atoms with van der Waals surface area (Å²) in [5, 5.41) is 14.3. The molecule has 2 aromatic carbocycles. The van der Waals surface area contributed by atoms with Gasteiger partial charge >= 0.3 is 0 Å². The molecule has 0 aliphatic rings. The van der Waals surface area contributed by atoms with E-state index in [0.717, 1.165) is 0 Å². The fraction of sp³-hybridized carbons (Fsp3) is 0.143. The zero-order valence-corrected chi connectivity index (χ0v) is 11.9. The lowest BCUT2D eigenvalue weighted by Crippen LogP contribution is -2.04.